The standard InChI is InChI=1S/C16H23ClN6.2ClH/c1-11(12-2-4-13(17)5-3-12)10-19-14-6-8-23(9-7-14)16-20-15(18)21-22-16;;/h2-5,11,14,19H,6-10H2,1H3,(H3,18,20,21,22);2*1H. The molecule has 1 aliphatic rings. The number of hydrogen-bond acceptors (Lipinski definition) is 5. The van der Waals surface area contributed by atoms with Crippen LogP contribution in [-0.4, -0.2) is 40.9 Å². The summed E-state index contributed by atoms with van der Waals surface area (Å²) in [6.07, 6.45) is 2.18. The summed E-state index contributed by atoms with van der Waals surface area (Å²) in [5.74, 6) is 1.55. The van der Waals surface area contributed by atoms with E-state index in [4.69, 9.17) is 17.3 Å². The van der Waals surface area contributed by atoms with Crippen LogP contribution in [0.4, 0.5) is 11.9 Å². The quantitative estimate of drug-likeness (QED) is 0.708. The number of nitrogens with one attached hydrogen (secondary N) is 2. The van der Waals surface area contributed by atoms with Gasteiger partial charge in [0, 0.05) is 30.7 Å². The molecule has 6 nitrogen and oxygen atoms in total. The third kappa shape index (κ3) is 5.92. The van der Waals surface area contributed by atoms with Crippen LogP contribution in [0.3, 0.4) is 0 Å². The molecule has 1 saturated heterocycles. The van der Waals surface area contributed by atoms with Crippen molar-refractivity contribution in [2.45, 2.75) is 31.7 Å². The van der Waals surface area contributed by atoms with Crippen LogP contribution in [0.1, 0.15) is 31.2 Å². The maximum atomic E-state index is 5.94. The van der Waals surface area contributed by atoms with E-state index in [1.54, 1.807) is 0 Å². The van der Waals surface area contributed by atoms with E-state index >= 15 is 0 Å². The van der Waals surface area contributed by atoms with E-state index in [0.29, 0.717) is 17.9 Å². The van der Waals surface area contributed by atoms with Gasteiger partial charge in [0.2, 0.25) is 11.9 Å². The first-order chi connectivity index (χ1) is 11.1. The zero-order valence-electron chi connectivity index (χ0n) is 14.1. The minimum atomic E-state index is 0. The Morgan fingerprint density at radius 3 is 2.48 bits per heavy atom. The number of anilines is 2. The van der Waals surface area contributed by atoms with Crippen molar-refractivity contribution in [1.29, 1.82) is 0 Å². The molecule has 4 N–H and O–H groups in total. The highest BCUT2D eigenvalue weighted by molar-refractivity contribution is 6.30. The van der Waals surface area contributed by atoms with Gasteiger partial charge in [0.15, 0.2) is 0 Å². The Morgan fingerprint density at radius 1 is 1.28 bits per heavy atom. The zero-order chi connectivity index (χ0) is 16.2. The molecule has 1 aliphatic heterocycles. The molecule has 1 atom stereocenters. The van der Waals surface area contributed by atoms with Crippen LogP contribution >= 0.6 is 36.4 Å². The normalized spacial score (nSPS) is 16.0. The van der Waals surface area contributed by atoms with E-state index < -0.39 is 0 Å². The minimum absolute atomic E-state index is 0. The fourth-order valence-electron chi connectivity index (χ4n) is 2.96. The maximum absolute atomic E-state index is 5.94. The first-order valence-electron chi connectivity index (χ1n) is 8.03. The van der Waals surface area contributed by atoms with Gasteiger partial charge in [-0.2, -0.15) is 4.98 Å². The highest BCUT2D eigenvalue weighted by atomic mass is 35.5. The van der Waals surface area contributed by atoms with Crippen LogP contribution in [-0.2, 0) is 0 Å². The van der Waals surface area contributed by atoms with Crippen molar-refractivity contribution in [3.8, 4) is 0 Å². The molecule has 0 radical (unpaired) electrons. The molecule has 1 unspecified atom stereocenters. The summed E-state index contributed by atoms with van der Waals surface area (Å²) < 4.78 is 0. The van der Waals surface area contributed by atoms with Gasteiger partial charge in [0.25, 0.3) is 0 Å². The molecule has 2 aromatic rings. The lowest BCUT2D eigenvalue weighted by Gasteiger charge is -2.32. The molecule has 0 spiro atoms. The molecule has 25 heavy (non-hydrogen) atoms. The van der Waals surface area contributed by atoms with E-state index in [1.165, 1.54) is 5.56 Å². The largest absolute Gasteiger partial charge is 0.366 e. The Bertz CT molecular complexity index is 625. The number of aromatic amines is 1. The summed E-state index contributed by atoms with van der Waals surface area (Å²) in [5.41, 5.74) is 6.87. The zero-order valence-corrected chi connectivity index (χ0v) is 16.5. The topological polar surface area (TPSA) is 82.9 Å². The summed E-state index contributed by atoms with van der Waals surface area (Å²) in [4.78, 5) is 6.38. The minimum Gasteiger partial charge on any atom is -0.366 e. The van der Waals surface area contributed by atoms with E-state index in [9.17, 15) is 0 Å². The number of halogens is 3. The molecule has 3 rings (SSSR count). The Balaban J connectivity index is 0.00000156. The summed E-state index contributed by atoms with van der Waals surface area (Å²) >= 11 is 5.94. The van der Waals surface area contributed by atoms with Crippen LogP contribution in [0.2, 0.25) is 5.02 Å². The third-order valence-corrected chi connectivity index (χ3v) is 4.69. The van der Waals surface area contributed by atoms with Gasteiger partial charge in [0.05, 0.1) is 0 Å². The van der Waals surface area contributed by atoms with E-state index in [2.05, 4.69) is 44.5 Å². The molecular formula is C16H25Cl3N6. The molecule has 0 saturated carbocycles. The molecule has 0 bridgehead atoms. The van der Waals surface area contributed by atoms with Crippen LogP contribution in [0, 0.1) is 0 Å². The lowest BCUT2D eigenvalue weighted by atomic mass is 9.99. The second-order valence-electron chi connectivity index (χ2n) is 6.14. The number of aromatic nitrogens is 3. The van der Waals surface area contributed by atoms with Gasteiger partial charge in [-0.05, 0) is 36.5 Å². The monoisotopic (exact) mass is 406 g/mol. The van der Waals surface area contributed by atoms with Gasteiger partial charge in [-0.15, -0.1) is 29.9 Å². The summed E-state index contributed by atoms with van der Waals surface area (Å²) in [5, 5.41) is 11.2. The van der Waals surface area contributed by atoms with Crippen molar-refractivity contribution < 1.29 is 0 Å². The molecule has 0 aliphatic carbocycles. The van der Waals surface area contributed by atoms with E-state index in [-0.39, 0.29) is 24.8 Å². The molecule has 2 heterocycles. The second-order valence-corrected chi connectivity index (χ2v) is 6.58. The molecule has 9 heteroatoms. The van der Waals surface area contributed by atoms with Crippen LogP contribution < -0.4 is 16.0 Å². The van der Waals surface area contributed by atoms with Gasteiger partial charge in [-0.3, -0.25) is 0 Å². The van der Waals surface area contributed by atoms with E-state index in [0.717, 1.165) is 43.4 Å². The molecule has 1 aromatic heterocycles. The van der Waals surface area contributed by atoms with Gasteiger partial charge >= 0.3 is 0 Å². The SMILES string of the molecule is CC(CNC1CCN(c2nc(N)n[nH]2)CC1)c1ccc(Cl)cc1.Cl.Cl. The number of rotatable bonds is 5. The molecule has 1 fully saturated rings. The Labute approximate surface area is 165 Å². The number of nitrogens with two attached hydrogens (primary N) is 1. The highest BCUT2D eigenvalue weighted by Crippen LogP contribution is 2.19. The van der Waals surface area contributed by atoms with Crippen molar-refractivity contribution >= 4 is 48.3 Å². The lowest BCUT2D eigenvalue weighted by Crippen LogP contribution is -2.43. The van der Waals surface area contributed by atoms with Crippen molar-refractivity contribution in [1.82, 2.24) is 20.5 Å². The molecular weight excluding hydrogens is 383 g/mol. The van der Waals surface area contributed by atoms with Gasteiger partial charge in [-0.1, -0.05) is 30.7 Å². The molecule has 1 aromatic carbocycles. The smallest absolute Gasteiger partial charge is 0.241 e. The molecule has 140 valence electrons. The Kier molecular flexibility index (Phi) is 8.79. The average Bonchev–Trinajstić information content (AvgIpc) is 3.00. The number of benzene rings is 1. The lowest BCUT2D eigenvalue weighted by molar-refractivity contribution is 0.404. The van der Waals surface area contributed by atoms with Crippen LogP contribution in [0.5, 0.6) is 0 Å². The summed E-state index contributed by atoms with van der Waals surface area (Å²) in [7, 11) is 0. The van der Waals surface area contributed by atoms with Gasteiger partial charge < -0.3 is 16.0 Å². The first kappa shape index (κ1) is 21.8. The summed E-state index contributed by atoms with van der Waals surface area (Å²) in [6, 6.07) is 8.66. The maximum Gasteiger partial charge on any atom is 0.241 e. The highest BCUT2D eigenvalue weighted by Gasteiger charge is 2.21. The predicted molar refractivity (Wildman–Crippen MR) is 108 cm³/mol. The fraction of sp³-hybridized carbons (Fsp3) is 0.500. The van der Waals surface area contributed by atoms with Gasteiger partial charge in [-0.25, -0.2) is 5.10 Å². The first-order valence-corrected chi connectivity index (χ1v) is 8.41. The van der Waals surface area contributed by atoms with Crippen LogP contribution in [0.15, 0.2) is 24.3 Å². The second kappa shape index (κ2) is 10.1. The van der Waals surface area contributed by atoms with Gasteiger partial charge in [0.1, 0.15) is 0 Å². The van der Waals surface area contributed by atoms with Crippen molar-refractivity contribution in [3.63, 3.8) is 0 Å². The molecule has 0 amide bonds. The Morgan fingerprint density at radius 2 is 1.92 bits per heavy atom. The van der Waals surface area contributed by atoms with Crippen molar-refractivity contribution in [3.05, 3.63) is 34.9 Å². The van der Waals surface area contributed by atoms with Crippen LogP contribution in [0.25, 0.3) is 0 Å². The fourth-order valence-corrected chi connectivity index (χ4v) is 3.08. The number of H-pyrrole nitrogens is 1. The summed E-state index contributed by atoms with van der Waals surface area (Å²) in [6.45, 7) is 5.13. The van der Waals surface area contributed by atoms with Crippen molar-refractivity contribution in [2.24, 2.45) is 0 Å². The van der Waals surface area contributed by atoms with E-state index in [1.807, 2.05) is 12.1 Å². The Hall–Kier alpha value is -1.21. The number of piperidine rings is 1. The number of hydrogen-bond donors (Lipinski definition) is 3. The third-order valence-electron chi connectivity index (χ3n) is 4.44. The number of nitrogen functional groups attached to an aromatic ring is 1. The average molecular weight is 408 g/mol. The van der Waals surface area contributed by atoms with Crippen molar-refractivity contribution in [2.75, 3.05) is 30.3 Å². The predicted octanol–water partition coefficient (Wildman–Crippen LogP) is 3.25. The number of nitrogens with zero attached hydrogens (tertiary/aromatic N) is 3.